The molecule has 0 bridgehead atoms. The minimum atomic E-state index is 0.0160. The molecule has 0 fully saturated rings. The number of anilines is 1. The predicted octanol–water partition coefficient (Wildman–Crippen LogP) is 0.800. The highest BCUT2D eigenvalue weighted by atomic mass is 16.5. The Morgan fingerprint density at radius 1 is 1.60 bits per heavy atom. The lowest BCUT2D eigenvalue weighted by Crippen LogP contribution is -2.38. The van der Waals surface area contributed by atoms with E-state index < -0.39 is 0 Å². The van der Waals surface area contributed by atoms with Crippen LogP contribution in [0.1, 0.15) is 5.56 Å². The van der Waals surface area contributed by atoms with Crippen molar-refractivity contribution in [3.8, 4) is 0 Å². The number of hydrogen-bond acceptors (Lipinski definition) is 4. The van der Waals surface area contributed by atoms with Crippen molar-refractivity contribution in [1.82, 2.24) is 4.98 Å². The second-order valence-corrected chi connectivity index (χ2v) is 3.79. The molecule has 0 aliphatic carbocycles. The molecule has 0 radical (unpaired) electrons. The van der Waals surface area contributed by atoms with E-state index in [9.17, 15) is 0 Å². The molecular formula is C11H19N3O. The summed E-state index contributed by atoms with van der Waals surface area (Å²) in [5.74, 6) is 0.946. The van der Waals surface area contributed by atoms with Gasteiger partial charge in [0.25, 0.3) is 0 Å². The summed E-state index contributed by atoms with van der Waals surface area (Å²) in [6.07, 6.45) is 1.81. The molecule has 1 rings (SSSR count). The fourth-order valence-corrected chi connectivity index (χ4v) is 1.44. The zero-order valence-electron chi connectivity index (χ0n) is 9.60. The van der Waals surface area contributed by atoms with Gasteiger partial charge in [0, 0.05) is 32.9 Å². The highest BCUT2D eigenvalue weighted by Gasteiger charge is 2.08. The number of ether oxygens (including phenoxy) is 1. The summed E-state index contributed by atoms with van der Waals surface area (Å²) in [5, 5.41) is 0. The maximum Gasteiger partial charge on any atom is 0.128 e. The van der Waals surface area contributed by atoms with Crippen molar-refractivity contribution in [2.45, 2.75) is 13.0 Å². The number of likely N-dealkylation sites (N-methyl/N-ethyl adjacent to an activating group) is 1. The van der Waals surface area contributed by atoms with Crippen molar-refractivity contribution in [1.29, 1.82) is 0 Å². The Kier molecular flexibility index (Phi) is 4.52. The first kappa shape index (κ1) is 11.9. The van der Waals surface area contributed by atoms with Crippen LogP contribution in [0.2, 0.25) is 0 Å². The molecule has 0 saturated heterocycles. The zero-order chi connectivity index (χ0) is 11.3. The number of nitrogens with zero attached hydrogens (tertiary/aromatic N) is 2. The average molecular weight is 209 g/mol. The molecule has 2 N–H and O–H groups in total. The number of aromatic nitrogens is 1. The SMILES string of the molecule is COCC(N)CN(C)c1cc(C)ccn1. The van der Waals surface area contributed by atoms with Crippen LogP contribution in [-0.2, 0) is 4.74 Å². The lowest BCUT2D eigenvalue weighted by Gasteiger charge is -2.22. The molecule has 0 aliphatic rings. The van der Waals surface area contributed by atoms with Gasteiger partial charge in [-0.05, 0) is 24.6 Å². The molecule has 1 aromatic heterocycles. The molecule has 1 unspecified atom stereocenters. The predicted molar refractivity (Wildman–Crippen MR) is 62.1 cm³/mol. The fraction of sp³-hybridized carbons (Fsp3) is 0.545. The minimum Gasteiger partial charge on any atom is -0.383 e. The highest BCUT2D eigenvalue weighted by molar-refractivity contribution is 5.39. The highest BCUT2D eigenvalue weighted by Crippen LogP contribution is 2.10. The number of aryl methyl sites for hydroxylation is 1. The summed E-state index contributed by atoms with van der Waals surface area (Å²) in [6, 6.07) is 4.04. The van der Waals surface area contributed by atoms with Crippen LogP contribution in [0.4, 0.5) is 5.82 Å². The van der Waals surface area contributed by atoms with Gasteiger partial charge in [-0.1, -0.05) is 0 Å². The summed E-state index contributed by atoms with van der Waals surface area (Å²) in [7, 11) is 3.64. The first-order chi connectivity index (χ1) is 7.13. The summed E-state index contributed by atoms with van der Waals surface area (Å²) in [6.45, 7) is 3.36. The monoisotopic (exact) mass is 209 g/mol. The van der Waals surface area contributed by atoms with Crippen molar-refractivity contribution in [3.05, 3.63) is 23.9 Å². The largest absolute Gasteiger partial charge is 0.383 e. The molecule has 0 amide bonds. The van der Waals surface area contributed by atoms with E-state index in [0.717, 1.165) is 12.4 Å². The maximum absolute atomic E-state index is 5.87. The van der Waals surface area contributed by atoms with E-state index in [1.165, 1.54) is 5.56 Å². The van der Waals surface area contributed by atoms with Gasteiger partial charge in [-0.25, -0.2) is 4.98 Å². The molecule has 4 heteroatoms. The Bertz CT molecular complexity index is 304. The zero-order valence-corrected chi connectivity index (χ0v) is 9.60. The third-order valence-corrected chi connectivity index (χ3v) is 2.18. The lowest BCUT2D eigenvalue weighted by molar-refractivity contribution is 0.181. The van der Waals surface area contributed by atoms with Crippen LogP contribution in [0.25, 0.3) is 0 Å². The molecule has 0 aromatic carbocycles. The fourth-order valence-electron chi connectivity index (χ4n) is 1.44. The minimum absolute atomic E-state index is 0.0160. The van der Waals surface area contributed by atoms with Gasteiger partial charge < -0.3 is 15.4 Å². The summed E-state index contributed by atoms with van der Waals surface area (Å²) in [4.78, 5) is 6.32. The standard InChI is InChI=1S/C11H19N3O/c1-9-4-5-13-11(6-9)14(2)7-10(12)8-15-3/h4-6,10H,7-8,12H2,1-3H3. The first-order valence-electron chi connectivity index (χ1n) is 5.01. The molecule has 0 saturated carbocycles. The number of hydrogen-bond donors (Lipinski definition) is 1. The van der Waals surface area contributed by atoms with Crippen molar-refractivity contribution >= 4 is 5.82 Å². The van der Waals surface area contributed by atoms with Gasteiger partial charge >= 0.3 is 0 Å². The summed E-state index contributed by atoms with van der Waals surface area (Å²) < 4.78 is 4.99. The van der Waals surface area contributed by atoms with Crippen molar-refractivity contribution in [3.63, 3.8) is 0 Å². The van der Waals surface area contributed by atoms with Gasteiger partial charge in [0.15, 0.2) is 0 Å². The van der Waals surface area contributed by atoms with Gasteiger partial charge in [0.2, 0.25) is 0 Å². The topological polar surface area (TPSA) is 51.4 Å². The van der Waals surface area contributed by atoms with Crippen LogP contribution >= 0.6 is 0 Å². The molecule has 4 nitrogen and oxygen atoms in total. The third kappa shape index (κ3) is 3.85. The quantitative estimate of drug-likeness (QED) is 0.779. The number of methoxy groups -OCH3 is 1. The van der Waals surface area contributed by atoms with E-state index in [2.05, 4.69) is 4.98 Å². The molecule has 84 valence electrons. The van der Waals surface area contributed by atoms with E-state index in [1.807, 2.05) is 37.2 Å². The van der Waals surface area contributed by atoms with Gasteiger partial charge in [-0.15, -0.1) is 0 Å². The van der Waals surface area contributed by atoms with Crippen LogP contribution in [-0.4, -0.2) is 38.3 Å². The lowest BCUT2D eigenvalue weighted by atomic mass is 10.2. The number of rotatable bonds is 5. The van der Waals surface area contributed by atoms with E-state index in [-0.39, 0.29) is 6.04 Å². The molecule has 1 aromatic rings. The van der Waals surface area contributed by atoms with E-state index >= 15 is 0 Å². The number of nitrogens with two attached hydrogens (primary N) is 1. The van der Waals surface area contributed by atoms with Crippen molar-refractivity contribution in [2.24, 2.45) is 5.73 Å². The summed E-state index contributed by atoms with van der Waals surface area (Å²) in [5.41, 5.74) is 7.07. The second kappa shape index (κ2) is 5.68. The first-order valence-corrected chi connectivity index (χ1v) is 5.01. The Hall–Kier alpha value is -1.13. The van der Waals surface area contributed by atoms with E-state index in [1.54, 1.807) is 7.11 Å². The van der Waals surface area contributed by atoms with Crippen LogP contribution in [0.15, 0.2) is 18.3 Å². The van der Waals surface area contributed by atoms with Crippen molar-refractivity contribution in [2.75, 3.05) is 32.2 Å². The van der Waals surface area contributed by atoms with Crippen LogP contribution in [0.5, 0.6) is 0 Å². The smallest absolute Gasteiger partial charge is 0.128 e. The van der Waals surface area contributed by atoms with E-state index in [0.29, 0.717) is 6.61 Å². The third-order valence-electron chi connectivity index (χ3n) is 2.18. The Balaban J connectivity index is 2.56. The number of pyridine rings is 1. The van der Waals surface area contributed by atoms with Crippen molar-refractivity contribution < 1.29 is 4.74 Å². The van der Waals surface area contributed by atoms with Crippen LogP contribution in [0, 0.1) is 6.92 Å². The molecule has 15 heavy (non-hydrogen) atoms. The van der Waals surface area contributed by atoms with E-state index in [4.69, 9.17) is 10.5 Å². The molecule has 1 atom stereocenters. The molecule has 0 aliphatic heterocycles. The molecule has 0 spiro atoms. The van der Waals surface area contributed by atoms with Gasteiger partial charge in [0.1, 0.15) is 5.82 Å². The van der Waals surface area contributed by atoms with Gasteiger partial charge in [-0.3, -0.25) is 0 Å². The summed E-state index contributed by atoms with van der Waals surface area (Å²) >= 11 is 0. The average Bonchev–Trinajstić information content (AvgIpc) is 2.18. The normalized spacial score (nSPS) is 12.5. The Morgan fingerprint density at radius 3 is 2.93 bits per heavy atom. The van der Waals surface area contributed by atoms with Crippen LogP contribution < -0.4 is 10.6 Å². The van der Waals surface area contributed by atoms with Gasteiger partial charge in [0.05, 0.1) is 6.61 Å². The Morgan fingerprint density at radius 2 is 2.33 bits per heavy atom. The van der Waals surface area contributed by atoms with Crippen LogP contribution in [0.3, 0.4) is 0 Å². The molecule has 1 heterocycles. The Labute approximate surface area is 91.1 Å². The second-order valence-electron chi connectivity index (χ2n) is 3.79. The molecular weight excluding hydrogens is 190 g/mol. The maximum atomic E-state index is 5.87. The van der Waals surface area contributed by atoms with Gasteiger partial charge in [-0.2, -0.15) is 0 Å².